The molecule has 2 N–H and O–H groups in total. The van der Waals surface area contributed by atoms with Gasteiger partial charge in [0.1, 0.15) is 19.6 Å². The molecule has 2 rings (SSSR count). The highest BCUT2D eigenvalue weighted by molar-refractivity contribution is 6.43. The van der Waals surface area contributed by atoms with Crippen molar-refractivity contribution in [3.8, 4) is 5.75 Å². The molecule has 0 radical (unpaired) electrons. The summed E-state index contributed by atoms with van der Waals surface area (Å²) < 4.78 is 0.799. The Morgan fingerprint density at radius 1 is 0.676 bits per heavy atom. The van der Waals surface area contributed by atoms with Crippen LogP contribution in [0.2, 0.25) is 15.1 Å². The highest BCUT2D eigenvalue weighted by Crippen LogP contribution is 2.31. The minimum absolute atomic E-state index is 0.0920. The molecule has 4 nitrogen and oxygen atoms in total. The molecule has 0 atom stereocenters. The highest BCUT2D eigenvalue weighted by atomic mass is 35.5. The fourth-order valence-electron chi connectivity index (χ4n) is 4.52. The fraction of sp³-hybridized carbons (Fsp3) is 0.600. The predicted molar refractivity (Wildman–Crippen MR) is 157 cm³/mol. The largest absolute Gasteiger partial charge is 0.871 e. The first-order chi connectivity index (χ1) is 17.8. The Kier molecular flexibility index (Phi) is 18.4. The van der Waals surface area contributed by atoms with E-state index < -0.39 is 0 Å². The lowest BCUT2D eigenvalue weighted by Crippen LogP contribution is -2.51. The third-order valence-corrected chi connectivity index (χ3v) is 7.77. The van der Waals surface area contributed by atoms with Gasteiger partial charge in [0, 0.05) is 10.6 Å². The standard InChI is InChI=1S/C24H44NO2.C6H3Cl3O/c1-3-4-5-6-7-8-9-10-11-12-17-25(18-20-26,19-21-27)22-24-15-13-23(2)14-16-24;7-3-1-5(9)6(10)2-4(3)8/h13-16,26-27H,3-12,17-22H2,1-2H3;1-2,10H/q+1;/p-1. The zero-order valence-corrected chi connectivity index (χ0v) is 24.9. The lowest BCUT2D eigenvalue weighted by atomic mass is 10.1. The number of hydrogen-bond donors (Lipinski definition) is 2. The molecule has 0 saturated heterocycles. The van der Waals surface area contributed by atoms with Gasteiger partial charge in [0.15, 0.2) is 0 Å². The minimum atomic E-state index is -0.309. The molecule has 0 spiro atoms. The quantitative estimate of drug-likeness (QED) is 0.114. The van der Waals surface area contributed by atoms with E-state index >= 15 is 0 Å². The Labute approximate surface area is 239 Å². The van der Waals surface area contributed by atoms with Crippen LogP contribution >= 0.6 is 34.8 Å². The number of aryl methyl sites for hydroxylation is 1. The molecule has 0 bridgehead atoms. The summed E-state index contributed by atoms with van der Waals surface area (Å²) in [6.45, 7) is 8.15. The molecule has 7 heteroatoms. The van der Waals surface area contributed by atoms with Crippen molar-refractivity contribution in [2.24, 2.45) is 0 Å². The molecule has 0 aliphatic rings. The average Bonchev–Trinajstić information content (AvgIpc) is 2.86. The van der Waals surface area contributed by atoms with Gasteiger partial charge in [-0.15, -0.1) is 0 Å². The monoisotopic (exact) mass is 573 g/mol. The first-order valence-electron chi connectivity index (χ1n) is 13.7. The molecule has 37 heavy (non-hydrogen) atoms. The Bertz CT molecular complexity index is 806. The molecule has 0 aliphatic heterocycles. The summed E-state index contributed by atoms with van der Waals surface area (Å²) >= 11 is 16.5. The number of quaternary nitrogens is 1. The van der Waals surface area contributed by atoms with Crippen molar-refractivity contribution in [3.05, 3.63) is 62.6 Å². The normalized spacial score (nSPS) is 11.3. The molecule has 0 fully saturated rings. The number of halogens is 3. The first kappa shape index (κ1) is 34.0. The molecule has 2 aromatic rings. The summed E-state index contributed by atoms with van der Waals surface area (Å²) in [6, 6.07) is 11.2. The van der Waals surface area contributed by atoms with Gasteiger partial charge < -0.3 is 19.8 Å². The van der Waals surface area contributed by atoms with Crippen LogP contribution in [-0.4, -0.2) is 47.5 Å². The molecule has 210 valence electrons. The van der Waals surface area contributed by atoms with E-state index in [1.54, 1.807) is 0 Å². The lowest BCUT2D eigenvalue weighted by Gasteiger charge is -2.38. The summed E-state index contributed by atoms with van der Waals surface area (Å²) in [6.07, 6.45) is 13.4. The second-order valence-electron chi connectivity index (χ2n) is 9.98. The second kappa shape index (κ2) is 20.0. The number of nitrogens with zero attached hydrogens (tertiary/aromatic N) is 1. The van der Waals surface area contributed by atoms with Crippen LogP contribution in [0.5, 0.6) is 5.75 Å². The van der Waals surface area contributed by atoms with Gasteiger partial charge in [-0.25, -0.2) is 0 Å². The summed E-state index contributed by atoms with van der Waals surface area (Å²) in [5, 5.41) is 30.6. The number of rotatable bonds is 17. The maximum Gasteiger partial charge on any atom is 0.104 e. The molecule has 0 aromatic heterocycles. The van der Waals surface area contributed by atoms with Crippen molar-refractivity contribution in [2.75, 3.05) is 32.8 Å². The van der Waals surface area contributed by atoms with Crippen LogP contribution in [-0.2, 0) is 6.54 Å². The topological polar surface area (TPSA) is 63.5 Å². The Morgan fingerprint density at radius 3 is 1.65 bits per heavy atom. The predicted octanol–water partition coefficient (Wildman–Crippen LogP) is 7.94. The summed E-state index contributed by atoms with van der Waals surface area (Å²) in [4.78, 5) is 0. The SMILES string of the molecule is CCCCCCCCCCCC[N+](CCO)(CCO)Cc1ccc(C)cc1.[O-]c1cc(Cl)c(Cl)cc1Cl. The van der Waals surface area contributed by atoms with E-state index in [1.807, 2.05) is 0 Å². The number of benzene rings is 2. The zero-order valence-electron chi connectivity index (χ0n) is 22.7. The summed E-state index contributed by atoms with van der Waals surface area (Å²) in [7, 11) is 0. The van der Waals surface area contributed by atoms with E-state index in [0.29, 0.717) is 5.02 Å². The van der Waals surface area contributed by atoms with E-state index in [1.165, 1.54) is 87.5 Å². The van der Waals surface area contributed by atoms with Gasteiger partial charge in [0.2, 0.25) is 0 Å². The van der Waals surface area contributed by atoms with Crippen LogP contribution in [0, 0.1) is 6.92 Å². The molecular weight excluding hydrogens is 529 g/mol. The van der Waals surface area contributed by atoms with Gasteiger partial charge in [0.05, 0.1) is 29.8 Å². The van der Waals surface area contributed by atoms with Crippen LogP contribution in [0.1, 0.15) is 82.3 Å². The van der Waals surface area contributed by atoms with Gasteiger partial charge in [-0.3, -0.25) is 0 Å². The van der Waals surface area contributed by atoms with E-state index in [2.05, 4.69) is 38.1 Å². The fourth-order valence-corrected chi connectivity index (χ4v) is 5.05. The number of aliphatic hydroxyl groups is 2. The number of aliphatic hydroxyl groups excluding tert-OH is 2. The van der Waals surface area contributed by atoms with Gasteiger partial charge >= 0.3 is 0 Å². The summed E-state index contributed by atoms with van der Waals surface area (Å²) in [5.74, 6) is -0.309. The van der Waals surface area contributed by atoms with Crippen molar-refractivity contribution in [3.63, 3.8) is 0 Å². The van der Waals surface area contributed by atoms with Gasteiger partial charge in [-0.1, -0.05) is 129 Å². The van der Waals surface area contributed by atoms with Gasteiger partial charge in [0.25, 0.3) is 0 Å². The first-order valence-corrected chi connectivity index (χ1v) is 14.8. The molecule has 0 amide bonds. The third-order valence-electron chi connectivity index (χ3n) is 6.75. The van der Waals surface area contributed by atoms with E-state index in [9.17, 15) is 15.3 Å². The smallest absolute Gasteiger partial charge is 0.104 e. The third kappa shape index (κ3) is 14.6. The Morgan fingerprint density at radius 2 is 1.16 bits per heavy atom. The number of unbranched alkanes of at least 4 members (excludes halogenated alkanes) is 9. The van der Waals surface area contributed by atoms with Crippen molar-refractivity contribution >= 4 is 34.8 Å². The van der Waals surface area contributed by atoms with E-state index in [0.717, 1.165) is 30.7 Å². The van der Waals surface area contributed by atoms with Crippen molar-refractivity contribution in [2.45, 2.75) is 84.6 Å². The molecule has 0 heterocycles. The maximum atomic E-state index is 10.7. The van der Waals surface area contributed by atoms with Crippen LogP contribution < -0.4 is 5.11 Å². The molecule has 2 aromatic carbocycles. The van der Waals surface area contributed by atoms with Gasteiger partial charge in [-0.2, -0.15) is 0 Å². The average molecular weight is 575 g/mol. The van der Waals surface area contributed by atoms with Crippen molar-refractivity contribution in [1.82, 2.24) is 0 Å². The van der Waals surface area contributed by atoms with Crippen LogP contribution in [0.25, 0.3) is 0 Å². The maximum absolute atomic E-state index is 10.7. The van der Waals surface area contributed by atoms with Gasteiger partial charge in [-0.05, 0) is 31.9 Å². The van der Waals surface area contributed by atoms with Crippen LogP contribution in [0.4, 0.5) is 0 Å². The highest BCUT2D eigenvalue weighted by Gasteiger charge is 2.26. The summed E-state index contributed by atoms with van der Waals surface area (Å²) in [5.41, 5.74) is 2.57. The van der Waals surface area contributed by atoms with Crippen molar-refractivity contribution in [1.29, 1.82) is 0 Å². The molecule has 0 aliphatic carbocycles. The van der Waals surface area contributed by atoms with Crippen molar-refractivity contribution < 1.29 is 19.8 Å². The van der Waals surface area contributed by atoms with E-state index in [4.69, 9.17) is 34.8 Å². The van der Waals surface area contributed by atoms with E-state index in [-0.39, 0.29) is 29.0 Å². The molecule has 0 saturated carbocycles. The second-order valence-corrected chi connectivity index (χ2v) is 11.2. The lowest BCUT2D eigenvalue weighted by molar-refractivity contribution is -0.941. The zero-order chi connectivity index (χ0) is 27.5. The van der Waals surface area contributed by atoms with Crippen LogP contribution in [0.15, 0.2) is 36.4 Å². The Hall–Kier alpha value is -1.01. The number of hydrogen-bond acceptors (Lipinski definition) is 3. The Balaban J connectivity index is 0.000000568. The molecular formula is C30H46Cl3NO3. The molecule has 0 unspecified atom stereocenters. The minimum Gasteiger partial charge on any atom is -0.871 e. The van der Waals surface area contributed by atoms with Crippen LogP contribution in [0.3, 0.4) is 0 Å².